The zero-order valence-electron chi connectivity index (χ0n) is 9.39. The molecule has 92 valence electrons. The summed E-state index contributed by atoms with van der Waals surface area (Å²) in [6.45, 7) is 2.32. The van der Waals surface area contributed by atoms with Gasteiger partial charge in [0.2, 0.25) is 0 Å². The van der Waals surface area contributed by atoms with E-state index in [0.717, 1.165) is 12.8 Å². The van der Waals surface area contributed by atoms with E-state index in [1.54, 1.807) is 4.90 Å². The second kappa shape index (κ2) is 5.93. The molecule has 0 aromatic rings. The van der Waals surface area contributed by atoms with Crippen LogP contribution in [-0.2, 0) is 14.4 Å². The number of carbonyl (C=O) groups is 2. The fourth-order valence-electron chi connectivity index (χ4n) is 2.21. The first kappa shape index (κ1) is 13.1. The van der Waals surface area contributed by atoms with E-state index in [-0.39, 0.29) is 18.4 Å². The summed E-state index contributed by atoms with van der Waals surface area (Å²) in [5.74, 6) is 3.99. The Balaban J connectivity index is 2.69. The number of Topliss-reactive ketones (excluding diaryl/α,β-unsaturated/α-hetero) is 1. The lowest BCUT2D eigenvalue weighted by molar-refractivity contribution is -0.145. The predicted octanol–water partition coefficient (Wildman–Crippen LogP) is -0.227. The van der Waals surface area contributed by atoms with Crippen LogP contribution in [0.25, 0.3) is 0 Å². The van der Waals surface area contributed by atoms with Gasteiger partial charge in [0.05, 0.1) is 12.6 Å². The molecular weight excluding hydrogens is 212 g/mol. The van der Waals surface area contributed by atoms with E-state index in [2.05, 4.69) is 4.84 Å². The number of carboxylic acid groups (broad SMARTS) is 1. The number of aliphatic carboxylic acids is 1. The van der Waals surface area contributed by atoms with Crippen LogP contribution >= 0.6 is 0 Å². The molecule has 0 aromatic heterocycles. The van der Waals surface area contributed by atoms with Crippen LogP contribution in [0.15, 0.2) is 0 Å². The zero-order chi connectivity index (χ0) is 12.1. The summed E-state index contributed by atoms with van der Waals surface area (Å²) in [4.78, 5) is 28.6. The van der Waals surface area contributed by atoms with Gasteiger partial charge in [-0.3, -0.25) is 14.5 Å². The third kappa shape index (κ3) is 3.01. The van der Waals surface area contributed by atoms with Crippen LogP contribution in [0.4, 0.5) is 0 Å². The van der Waals surface area contributed by atoms with E-state index in [0.29, 0.717) is 13.0 Å². The van der Waals surface area contributed by atoms with Gasteiger partial charge in [0.15, 0.2) is 0 Å². The lowest BCUT2D eigenvalue weighted by Crippen LogP contribution is -2.47. The minimum atomic E-state index is -0.926. The number of carbonyl (C=O) groups excluding carboxylic acids is 1. The van der Waals surface area contributed by atoms with Crippen molar-refractivity contribution in [3.63, 3.8) is 0 Å². The molecule has 2 atom stereocenters. The summed E-state index contributed by atoms with van der Waals surface area (Å²) in [5.41, 5.74) is 0. The molecule has 1 rings (SSSR count). The number of hydrogen-bond donors (Lipinski definition) is 2. The fourth-order valence-corrected chi connectivity index (χ4v) is 2.21. The lowest BCUT2D eigenvalue weighted by Gasteiger charge is -2.28. The van der Waals surface area contributed by atoms with E-state index in [4.69, 9.17) is 11.0 Å². The molecule has 6 heteroatoms. The predicted molar refractivity (Wildman–Crippen MR) is 56.6 cm³/mol. The second-order valence-corrected chi connectivity index (χ2v) is 4.02. The molecule has 0 saturated carbocycles. The van der Waals surface area contributed by atoms with Gasteiger partial charge in [-0.2, -0.15) is 0 Å². The SMILES string of the molecule is CC(=O)[C@H]1CCCN1C(CCON)C(=O)O. The summed E-state index contributed by atoms with van der Waals surface area (Å²) in [7, 11) is 0. The Labute approximate surface area is 94.3 Å². The average molecular weight is 230 g/mol. The Kier molecular flexibility index (Phi) is 4.85. The number of hydrogen-bond acceptors (Lipinski definition) is 5. The maximum Gasteiger partial charge on any atom is 0.321 e. The Hall–Kier alpha value is -0.980. The van der Waals surface area contributed by atoms with Crippen LogP contribution in [0.2, 0.25) is 0 Å². The minimum absolute atomic E-state index is 0.0254. The van der Waals surface area contributed by atoms with E-state index in [1.807, 2.05) is 0 Å². The number of rotatable bonds is 6. The van der Waals surface area contributed by atoms with Gasteiger partial charge in [-0.15, -0.1) is 0 Å². The molecule has 1 aliphatic heterocycles. The normalized spacial score (nSPS) is 23.2. The van der Waals surface area contributed by atoms with Crippen molar-refractivity contribution in [1.82, 2.24) is 4.90 Å². The topological polar surface area (TPSA) is 92.9 Å². The molecule has 3 N–H and O–H groups in total. The molecule has 0 radical (unpaired) electrons. The molecule has 0 amide bonds. The number of likely N-dealkylation sites (tertiary alicyclic amines) is 1. The van der Waals surface area contributed by atoms with Crippen molar-refractivity contribution in [3.8, 4) is 0 Å². The smallest absolute Gasteiger partial charge is 0.321 e. The number of nitrogens with two attached hydrogens (primary N) is 1. The summed E-state index contributed by atoms with van der Waals surface area (Å²) in [6.07, 6.45) is 1.90. The van der Waals surface area contributed by atoms with Gasteiger partial charge in [-0.25, -0.2) is 5.90 Å². The van der Waals surface area contributed by atoms with E-state index < -0.39 is 12.0 Å². The van der Waals surface area contributed by atoms with Crippen molar-refractivity contribution in [3.05, 3.63) is 0 Å². The van der Waals surface area contributed by atoms with Crippen molar-refractivity contribution in [1.29, 1.82) is 0 Å². The zero-order valence-corrected chi connectivity index (χ0v) is 9.39. The van der Waals surface area contributed by atoms with Crippen LogP contribution in [0, 0.1) is 0 Å². The van der Waals surface area contributed by atoms with Crippen LogP contribution in [0.1, 0.15) is 26.2 Å². The van der Waals surface area contributed by atoms with Crippen molar-refractivity contribution in [2.45, 2.75) is 38.3 Å². The summed E-state index contributed by atoms with van der Waals surface area (Å²) >= 11 is 0. The van der Waals surface area contributed by atoms with Gasteiger partial charge in [0, 0.05) is 0 Å². The quantitative estimate of drug-likeness (QED) is 0.612. The molecule has 1 heterocycles. The largest absolute Gasteiger partial charge is 0.480 e. The number of ketones is 1. The molecular formula is C10H18N2O4. The third-order valence-corrected chi connectivity index (χ3v) is 2.96. The molecule has 0 bridgehead atoms. The molecule has 0 aromatic carbocycles. The third-order valence-electron chi connectivity index (χ3n) is 2.96. The standard InChI is InChI=1S/C10H18N2O4/c1-7(13)8-3-2-5-12(8)9(10(14)15)4-6-16-11/h8-9H,2-6,11H2,1H3,(H,14,15)/t8-,9?/m1/s1. The molecule has 0 spiro atoms. The Bertz CT molecular complexity index is 270. The van der Waals surface area contributed by atoms with Crippen molar-refractivity contribution < 1.29 is 19.5 Å². The number of carboxylic acids is 1. The van der Waals surface area contributed by atoms with Gasteiger partial charge in [-0.1, -0.05) is 0 Å². The van der Waals surface area contributed by atoms with Crippen molar-refractivity contribution >= 4 is 11.8 Å². The van der Waals surface area contributed by atoms with Gasteiger partial charge in [-0.05, 0) is 32.7 Å². The van der Waals surface area contributed by atoms with Crippen LogP contribution < -0.4 is 5.90 Å². The highest BCUT2D eigenvalue weighted by Gasteiger charge is 2.36. The first-order valence-corrected chi connectivity index (χ1v) is 5.38. The molecule has 1 unspecified atom stereocenters. The van der Waals surface area contributed by atoms with Crippen LogP contribution in [0.3, 0.4) is 0 Å². The van der Waals surface area contributed by atoms with Crippen LogP contribution in [0.5, 0.6) is 0 Å². The van der Waals surface area contributed by atoms with Crippen molar-refractivity contribution in [2.75, 3.05) is 13.2 Å². The van der Waals surface area contributed by atoms with Gasteiger partial charge < -0.3 is 9.94 Å². The van der Waals surface area contributed by atoms with E-state index in [1.165, 1.54) is 6.92 Å². The second-order valence-electron chi connectivity index (χ2n) is 4.02. The van der Waals surface area contributed by atoms with Gasteiger partial charge in [0.1, 0.15) is 11.8 Å². The summed E-state index contributed by atoms with van der Waals surface area (Å²) in [5, 5.41) is 9.11. The van der Waals surface area contributed by atoms with E-state index in [9.17, 15) is 9.59 Å². The summed E-state index contributed by atoms with van der Waals surface area (Å²) < 4.78 is 0. The van der Waals surface area contributed by atoms with Gasteiger partial charge >= 0.3 is 5.97 Å². The highest BCUT2D eigenvalue weighted by Crippen LogP contribution is 2.22. The minimum Gasteiger partial charge on any atom is -0.480 e. The molecule has 16 heavy (non-hydrogen) atoms. The molecule has 6 nitrogen and oxygen atoms in total. The maximum absolute atomic E-state index is 11.4. The first-order chi connectivity index (χ1) is 7.57. The molecule has 1 aliphatic rings. The first-order valence-electron chi connectivity index (χ1n) is 5.38. The average Bonchev–Trinajstić information content (AvgIpc) is 2.66. The highest BCUT2D eigenvalue weighted by molar-refractivity contribution is 5.83. The number of nitrogens with zero attached hydrogens (tertiary/aromatic N) is 1. The molecule has 1 saturated heterocycles. The molecule has 1 fully saturated rings. The molecule has 0 aliphatic carbocycles. The van der Waals surface area contributed by atoms with Gasteiger partial charge in [0.25, 0.3) is 0 Å². The summed E-state index contributed by atoms with van der Waals surface area (Å²) in [6, 6.07) is -0.946. The Morgan fingerprint density at radius 1 is 1.62 bits per heavy atom. The Morgan fingerprint density at radius 3 is 2.81 bits per heavy atom. The monoisotopic (exact) mass is 230 g/mol. The Morgan fingerprint density at radius 2 is 2.31 bits per heavy atom. The van der Waals surface area contributed by atoms with E-state index >= 15 is 0 Å². The maximum atomic E-state index is 11.4. The van der Waals surface area contributed by atoms with Crippen LogP contribution in [-0.4, -0.2) is 47.0 Å². The van der Waals surface area contributed by atoms with Crippen molar-refractivity contribution in [2.24, 2.45) is 5.90 Å². The lowest BCUT2D eigenvalue weighted by atomic mass is 10.1. The highest BCUT2D eigenvalue weighted by atomic mass is 16.6. The fraction of sp³-hybridized carbons (Fsp3) is 0.800.